The first-order chi connectivity index (χ1) is 7.85. The molecule has 6 nitrogen and oxygen atoms in total. The van der Waals surface area contributed by atoms with Gasteiger partial charge < -0.3 is 19.9 Å². The predicted octanol–water partition coefficient (Wildman–Crippen LogP) is 0.507. The molecule has 2 unspecified atom stereocenters. The molecular formula is C11H19NO5. The largest absolute Gasteiger partial charge is 0.479 e. The number of rotatable bonds is 5. The molecule has 0 spiro atoms. The molecule has 17 heavy (non-hydrogen) atoms. The molecule has 0 aliphatic carbocycles. The summed E-state index contributed by atoms with van der Waals surface area (Å²) in [6, 6.07) is 0. The van der Waals surface area contributed by atoms with Crippen LogP contribution in [0.25, 0.3) is 0 Å². The highest BCUT2D eigenvalue weighted by molar-refractivity contribution is 5.75. The minimum atomic E-state index is -1.03. The fourth-order valence-electron chi connectivity index (χ4n) is 1.84. The third-order valence-corrected chi connectivity index (χ3v) is 2.60. The second-order valence-corrected chi connectivity index (χ2v) is 4.50. The Morgan fingerprint density at radius 1 is 1.35 bits per heavy atom. The molecule has 2 N–H and O–H groups in total. The van der Waals surface area contributed by atoms with E-state index in [1.807, 2.05) is 0 Å². The van der Waals surface area contributed by atoms with E-state index in [-0.39, 0.29) is 5.91 Å². The van der Waals surface area contributed by atoms with Gasteiger partial charge in [-0.15, -0.1) is 0 Å². The first kappa shape index (κ1) is 13.9. The van der Waals surface area contributed by atoms with Crippen LogP contribution in [0.1, 0.15) is 33.1 Å². The lowest BCUT2D eigenvalue weighted by atomic mass is 10.1. The monoisotopic (exact) mass is 245 g/mol. The van der Waals surface area contributed by atoms with Crippen molar-refractivity contribution in [3.63, 3.8) is 0 Å². The molecule has 98 valence electrons. The van der Waals surface area contributed by atoms with Crippen LogP contribution < -0.4 is 5.32 Å². The van der Waals surface area contributed by atoms with E-state index in [1.54, 1.807) is 20.9 Å². The molecule has 0 saturated carbocycles. The normalized spacial score (nSPS) is 26.8. The second-order valence-electron chi connectivity index (χ2n) is 4.50. The van der Waals surface area contributed by atoms with Crippen molar-refractivity contribution >= 4 is 11.9 Å². The zero-order valence-corrected chi connectivity index (χ0v) is 10.4. The van der Waals surface area contributed by atoms with Crippen LogP contribution in [0.3, 0.4) is 0 Å². The Morgan fingerprint density at radius 3 is 2.53 bits per heavy atom. The Hall–Kier alpha value is -1.14. The van der Waals surface area contributed by atoms with Crippen molar-refractivity contribution in [2.75, 3.05) is 7.05 Å². The van der Waals surface area contributed by atoms with Gasteiger partial charge in [0.05, 0.1) is 6.10 Å². The van der Waals surface area contributed by atoms with Gasteiger partial charge in [0.1, 0.15) is 0 Å². The third-order valence-electron chi connectivity index (χ3n) is 2.60. The third kappa shape index (κ3) is 3.98. The van der Waals surface area contributed by atoms with Gasteiger partial charge in [-0.1, -0.05) is 0 Å². The summed E-state index contributed by atoms with van der Waals surface area (Å²) < 4.78 is 10.8. The molecule has 1 aliphatic heterocycles. The number of carbonyl (C=O) groups is 2. The summed E-state index contributed by atoms with van der Waals surface area (Å²) in [6.45, 7) is 3.36. The van der Waals surface area contributed by atoms with E-state index in [9.17, 15) is 9.59 Å². The number of ether oxygens (including phenoxy) is 2. The summed E-state index contributed by atoms with van der Waals surface area (Å²) in [5, 5.41) is 11.5. The molecule has 0 radical (unpaired) electrons. The topological polar surface area (TPSA) is 84.9 Å². The SMILES string of the molecule is CNC(=O)CCCC1OC(C)(C)OC1C(=O)O. The van der Waals surface area contributed by atoms with Crippen LogP contribution in [0, 0.1) is 0 Å². The number of hydrogen-bond donors (Lipinski definition) is 2. The number of carboxylic acids is 1. The van der Waals surface area contributed by atoms with Gasteiger partial charge in [-0.25, -0.2) is 4.79 Å². The molecule has 1 heterocycles. The standard InChI is InChI=1S/C11H19NO5/c1-11(2)16-7(9(17-11)10(14)15)5-4-6-8(13)12-3/h7,9H,4-6H2,1-3H3,(H,12,13)(H,14,15). The van der Waals surface area contributed by atoms with Crippen molar-refractivity contribution in [1.29, 1.82) is 0 Å². The summed E-state index contributed by atoms with van der Waals surface area (Å²) in [4.78, 5) is 22.0. The Bertz CT molecular complexity index is 302. The zero-order chi connectivity index (χ0) is 13.1. The lowest BCUT2D eigenvalue weighted by Crippen LogP contribution is -2.31. The number of carbonyl (C=O) groups excluding carboxylic acids is 1. The van der Waals surface area contributed by atoms with Crippen LogP contribution in [0.5, 0.6) is 0 Å². The minimum Gasteiger partial charge on any atom is -0.479 e. The average molecular weight is 245 g/mol. The van der Waals surface area contributed by atoms with Crippen LogP contribution in [0.15, 0.2) is 0 Å². The number of hydrogen-bond acceptors (Lipinski definition) is 4. The number of carboxylic acid groups (broad SMARTS) is 1. The number of nitrogens with one attached hydrogen (secondary N) is 1. The summed E-state index contributed by atoms with van der Waals surface area (Å²) in [7, 11) is 1.57. The Balaban J connectivity index is 2.45. The smallest absolute Gasteiger partial charge is 0.335 e. The summed E-state index contributed by atoms with van der Waals surface area (Å²) >= 11 is 0. The maximum atomic E-state index is 11.0. The number of aliphatic carboxylic acids is 1. The van der Waals surface area contributed by atoms with Gasteiger partial charge in [0.15, 0.2) is 11.9 Å². The Morgan fingerprint density at radius 2 is 2.00 bits per heavy atom. The van der Waals surface area contributed by atoms with Gasteiger partial charge >= 0.3 is 5.97 Å². The minimum absolute atomic E-state index is 0.0601. The van der Waals surface area contributed by atoms with Crippen molar-refractivity contribution in [3.05, 3.63) is 0 Å². The fraction of sp³-hybridized carbons (Fsp3) is 0.818. The van der Waals surface area contributed by atoms with Crippen LogP contribution in [-0.4, -0.2) is 42.0 Å². The van der Waals surface area contributed by atoms with Gasteiger partial charge in [0.25, 0.3) is 0 Å². The molecule has 2 atom stereocenters. The maximum absolute atomic E-state index is 11.0. The Labute approximate surface area is 100 Å². The van der Waals surface area contributed by atoms with Crippen LogP contribution in [0.4, 0.5) is 0 Å². The van der Waals surface area contributed by atoms with E-state index in [4.69, 9.17) is 14.6 Å². The van der Waals surface area contributed by atoms with Crippen LogP contribution >= 0.6 is 0 Å². The number of amides is 1. The molecule has 0 aromatic carbocycles. The quantitative estimate of drug-likeness (QED) is 0.737. The lowest BCUT2D eigenvalue weighted by molar-refractivity contribution is -0.165. The van der Waals surface area contributed by atoms with E-state index in [0.29, 0.717) is 19.3 Å². The van der Waals surface area contributed by atoms with Crippen molar-refractivity contribution in [2.24, 2.45) is 0 Å². The Kier molecular flexibility index (Phi) is 4.47. The zero-order valence-electron chi connectivity index (χ0n) is 10.4. The van der Waals surface area contributed by atoms with E-state index >= 15 is 0 Å². The molecule has 1 amide bonds. The van der Waals surface area contributed by atoms with E-state index in [1.165, 1.54) is 0 Å². The van der Waals surface area contributed by atoms with Gasteiger partial charge in [-0.3, -0.25) is 4.79 Å². The molecule has 0 aromatic rings. The van der Waals surface area contributed by atoms with Crippen molar-refractivity contribution in [2.45, 2.75) is 51.1 Å². The fourth-order valence-corrected chi connectivity index (χ4v) is 1.84. The summed E-state index contributed by atoms with van der Waals surface area (Å²) in [5.41, 5.74) is 0. The van der Waals surface area contributed by atoms with Crippen molar-refractivity contribution in [1.82, 2.24) is 5.32 Å². The average Bonchev–Trinajstić information content (AvgIpc) is 2.54. The highest BCUT2D eigenvalue weighted by Crippen LogP contribution is 2.30. The van der Waals surface area contributed by atoms with E-state index in [0.717, 1.165) is 0 Å². The molecule has 1 saturated heterocycles. The first-order valence-electron chi connectivity index (χ1n) is 5.65. The van der Waals surface area contributed by atoms with E-state index in [2.05, 4.69) is 5.32 Å². The van der Waals surface area contributed by atoms with E-state index < -0.39 is 24.0 Å². The first-order valence-corrected chi connectivity index (χ1v) is 5.65. The maximum Gasteiger partial charge on any atom is 0.335 e. The highest BCUT2D eigenvalue weighted by Gasteiger charge is 2.44. The molecule has 6 heteroatoms. The van der Waals surface area contributed by atoms with Gasteiger partial charge in [-0.2, -0.15) is 0 Å². The second kappa shape index (κ2) is 5.46. The summed E-state index contributed by atoms with van der Waals surface area (Å²) in [5.74, 6) is -1.96. The summed E-state index contributed by atoms with van der Waals surface area (Å²) in [6.07, 6.45) is -0.00771. The predicted molar refractivity (Wildman–Crippen MR) is 59.4 cm³/mol. The van der Waals surface area contributed by atoms with Crippen molar-refractivity contribution < 1.29 is 24.2 Å². The lowest BCUT2D eigenvalue weighted by Gasteiger charge is -2.16. The molecular weight excluding hydrogens is 226 g/mol. The van der Waals surface area contributed by atoms with Gasteiger partial charge in [0, 0.05) is 13.5 Å². The van der Waals surface area contributed by atoms with Gasteiger partial charge in [0.2, 0.25) is 5.91 Å². The molecule has 1 aliphatic rings. The van der Waals surface area contributed by atoms with Gasteiger partial charge in [-0.05, 0) is 26.7 Å². The molecule has 1 fully saturated rings. The molecule has 1 rings (SSSR count). The van der Waals surface area contributed by atoms with Crippen LogP contribution in [-0.2, 0) is 19.1 Å². The molecule has 0 aromatic heterocycles. The molecule has 0 bridgehead atoms. The van der Waals surface area contributed by atoms with Crippen molar-refractivity contribution in [3.8, 4) is 0 Å². The highest BCUT2D eigenvalue weighted by atomic mass is 16.8. The van der Waals surface area contributed by atoms with Crippen LogP contribution in [0.2, 0.25) is 0 Å².